The van der Waals surface area contributed by atoms with Crippen LogP contribution in [0.5, 0.6) is 0 Å². The highest BCUT2D eigenvalue weighted by Crippen LogP contribution is 2.18. The Morgan fingerprint density at radius 3 is 2.82 bits per heavy atom. The standard InChI is InChI=1S/C12H18BrN3O/c13-11-3-1-2-10(8-11)12(9-14)15-16-4-6-17-7-5-16/h1-3,8,12,15H,4-7,9,14H2. The first-order valence-corrected chi connectivity index (χ1v) is 6.63. The molecular weight excluding hydrogens is 282 g/mol. The fourth-order valence-corrected chi connectivity index (χ4v) is 2.32. The second-order valence-electron chi connectivity index (χ2n) is 4.07. The first-order valence-electron chi connectivity index (χ1n) is 5.84. The van der Waals surface area contributed by atoms with Gasteiger partial charge in [0.2, 0.25) is 0 Å². The number of nitrogens with one attached hydrogen (secondary N) is 1. The van der Waals surface area contributed by atoms with Crippen LogP contribution in [0.25, 0.3) is 0 Å². The monoisotopic (exact) mass is 299 g/mol. The molecule has 2 rings (SSSR count). The SMILES string of the molecule is NCC(NN1CCOCC1)c1cccc(Br)c1. The van der Waals surface area contributed by atoms with Gasteiger partial charge in [0.1, 0.15) is 0 Å². The van der Waals surface area contributed by atoms with Crippen molar-refractivity contribution in [3.8, 4) is 0 Å². The number of ether oxygens (including phenoxy) is 1. The lowest BCUT2D eigenvalue weighted by Crippen LogP contribution is -2.48. The van der Waals surface area contributed by atoms with E-state index in [9.17, 15) is 0 Å². The van der Waals surface area contributed by atoms with Crippen LogP contribution >= 0.6 is 15.9 Å². The molecule has 1 aliphatic heterocycles. The van der Waals surface area contributed by atoms with E-state index >= 15 is 0 Å². The van der Waals surface area contributed by atoms with Crippen molar-refractivity contribution in [2.75, 3.05) is 32.8 Å². The van der Waals surface area contributed by atoms with E-state index < -0.39 is 0 Å². The molecule has 94 valence electrons. The van der Waals surface area contributed by atoms with Gasteiger partial charge in [-0.15, -0.1) is 0 Å². The zero-order valence-electron chi connectivity index (χ0n) is 9.73. The second-order valence-corrected chi connectivity index (χ2v) is 4.99. The van der Waals surface area contributed by atoms with Crippen LogP contribution in [0.1, 0.15) is 11.6 Å². The normalized spacial score (nSPS) is 19.2. The molecule has 1 atom stereocenters. The molecule has 0 bridgehead atoms. The minimum atomic E-state index is 0.158. The Morgan fingerprint density at radius 1 is 1.41 bits per heavy atom. The fraction of sp³-hybridized carbons (Fsp3) is 0.500. The number of rotatable bonds is 4. The topological polar surface area (TPSA) is 50.5 Å². The van der Waals surface area contributed by atoms with Crippen LogP contribution < -0.4 is 11.2 Å². The Bertz CT molecular complexity index is 355. The van der Waals surface area contributed by atoms with Gasteiger partial charge < -0.3 is 10.5 Å². The van der Waals surface area contributed by atoms with E-state index in [1.807, 2.05) is 12.1 Å². The van der Waals surface area contributed by atoms with Gasteiger partial charge in [0.05, 0.1) is 19.3 Å². The Balaban J connectivity index is 2.00. The number of benzene rings is 1. The van der Waals surface area contributed by atoms with Crippen LogP contribution in [0, 0.1) is 0 Å². The van der Waals surface area contributed by atoms with Gasteiger partial charge >= 0.3 is 0 Å². The number of halogens is 1. The summed E-state index contributed by atoms with van der Waals surface area (Å²) in [6.07, 6.45) is 0. The van der Waals surface area contributed by atoms with E-state index in [0.717, 1.165) is 30.8 Å². The van der Waals surface area contributed by atoms with Crippen molar-refractivity contribution in [2.45, 2.75) is 6.04 Å². The average Bonchev–Trinajstić information content (AvgIpc) is 2.37. The quantitative estimate of drug-likeness (QED) is 0.880. The van der Waals surface area contributed by atoms with Gasteiger partial charge in [-0.2, -0.15) is 0 Å². The van der Waals surface area contributed by atoms with Gasteiger partial charge in [0, 0.05) is 24.1 Å². The molecule has 3 N–H and O–H groups in total. The van der Waals surface area contributed by atoms with Gasteiger partial charge in [-0.05, 0) is 17.7 Å². The maximum atomic E-state index is 5.84. The highest BCUT2D eigenvalue weighted by Gasteiger charge is 2.16. The summed E-state index contributed by atoms with van der Waals surface area (Å²) in [6, 6.07) is 8.40. The molecule has 1 aromatic rings. The second kappa shape index (κ2) is 6.47. The van der Waals surface area contributed by atoms with Crippen molar-refractivity contribution in [1.29, 1.82) is 0 Å². The van der Waals surface area contributed by atoms with E-state index in [1.54, 1.807) is 0 Å². The Labute approximate surface area is 110 Å². The van der Waals surface area contributed by atoms with Crippen LogP contribution in [0.4, 0.5) is 0 Å². The molecule has 0 amide bonds. The largest absolute Gasteiger partial charge is 0.379 e. The molecule has 0 aliphatic carbocycles. The Kier molecular flexibility index (Phi) is 4.94. The van der Waals surface area contributed by atoms with E-state index in [-0.39, 0.29) is 6.04 Å². The molecule has 1 aliphatic rings. The molecule has 1 saturated heterocycles. The number of hydrogen-bond acceptors (Lipinski definition) is 4. The van der Waals surface area contributed by atoms with Crippen LogP contribution in [0.15, 0.2) is 28.7 Å². The third-order valence-electron chi connectivity index (χ3n) is 2.84. The van der Waals surface area contributed by atoms with E-state index in [0.29, 0.717) is 6.54 Å². The maximum Gasteiger partial charge on any atom is 0.0608 e. The summed E-state index contributed by atoms with van der Waals surface area (Å²) in [4.78, 5) is 0. The molecular formula is C12H18BrN3O. The smallest absolute Gasteiger partial charge is 0.0608 e. The van der Waals surface area contributed by atoms with E-state index in [4.69, 9.17) is 10.5 Å². The summed E-state index contributed by atoms with van der Waals surface area (Å²) < 4.78 is 6.40. The van der Waals surface area contributed by atoms with Crippen molar-refractivity contribution in [2.24, 2.45) is 5.73 Å². The molecule has 0 radical (unpaired) electrons. The molecule has 1 unspecified atom stereocenters. The third kappa shape index (κ3) is 3.76. The predicted octanol–water partition coefficient (Wildman–Crippen LogP) is 1.29. The van der Waals surface area contributed by atoms with Crippen molar-refractivity contribution in [3.05, 3.63) is 34.3 Å². The van der Waals surface area contributed by atoms with Gasteiger partial charge in [-0.1, -0.05) is 28.1 Å². The van der Waals surface area contributed by atoms with E-state index in [2.05, 4.69) is 38.5 Å². The first kappa shape index (κ1) is 13.0. The lowest BCUT2D eigenvalue weighted by atomic mass is 10.1. The van der Waals surface area contributed by atoms with Gasteiger partial charge in [0.15, 0.2) is 0 Å². The average molecular weight is 300 g/mol. The molecule has 0 aromatic heterocycles. The molecule has 1 aromatic carbocycles. The molecule has 4 nitrogen and oxygen atoms in total. The number of nitrogens with zero attached hydrogens (tertiary/aromatic N) is 1. The Morgan fingerprint density at radius 2 is 2.18 bits per heavy atom. The minimum absolute atomic E-state index is 0.158. The zero-order chi connectivity index (χ0) is 12.1. The van der Waals surface area contributed by atoms with Crippen molar-refractivity contribution >= 4 is 15.9 Å². The number of hydrazine groups is 1. The van der Waals surface area contributed by atoms with Crippen molar-refractivity contribution in [3.63, 3.8) is 0 Å². The number of morpholine rings is 1. The predicted molar refractivity (Wildman–Crippen MR) is 71.5 cm³/mol. The Hall–Kier alpha value is -0.460. The summed E-state index contributed by atoms with van der Waals surface area (Å²) in [6.45, 7) is 3.95. The van der Waals surface area contributed by atoms with Gasteiger partial charge in [-0.25, -0.2) is 10.4 Å². The van der Waals surface area contributed by atoms with Crippen molar-refractivity contribution in [1.82, 2.24) is 10.4 Å². The molecule has 5 heteroatoms. The lowest BCUT2D eigenvalue weighted by molar-refractivity contribution is 0.00404. The molecule has 1 fully saturated rings. The highest BCUT2D eigenvalue weighted by molar-refractivity contribution is 9.10. The van der Waals surface area contributed by atoms with Crippen LogP contribution in [0.2, 0.25) is 0 Å². The van der Waals surface area contributed by atoms with Crippen LogP contribution in [0.3, 0.4) is 0 Å². The minimum Gasteiger partial charge on any atom is -0.379 e. The van der Waals surface area contributed by atoms with Crippen LogP contribution in [-0.4, -0.2) is 37.9 Å². The lowest BCUT2D eigenvalue weighted by Gasteiger charge is -2.31. The molecule has 0 saturated carbocycles. The van der Waals surface area contributed by atoms with Gasteiger partial charge in [0.25, 0.3) is 0 Å². The summed E-state index contributed by atoms with van der Waals surface area (Å²) in [5.41, 5.74) is 10.5. The number of hydrogen-bond donors (Lipinski definition) is 2. The molecule has 17 heavy (non-hydrogen) atoms. The number of nitrogens with two attached hydrogens (primary N) is 1. The summed E-state index contributed by atoms with van der Waals surface area (Å²) >= 11 is 3.48. The first-order chi connectivity index (χ1) is 8.29. The zero-order valence-corrected chi connectivity index (χ0v) is 11.3. The van der Waals surface area contributed by atoms with Crippen LogP contribution in [-0.2, 0) is 4.74 Å². The van der Waals surface area contributed by atoms with Crippen molar-refractivity contribution < 1.29 is 4.74 Å². The van der Waals surface area contributed by atoms with E-state index in [1.165, 1.54) is 5.56 Å². The summed E-state index contributed by atoms with van der Waals surface area (Å²) in [7, 11) is 0. The highest BCUT2D eigenvalue weighted by atomic mass is 79.9. The maximum absolute atomic E-state index is 5.84. The van der Waals surface area contributed by atoms with Gasteiger partial charge in [-0.3, -0.25) is 0 Å². The molecule has 0 spiro atoms. The summed E-state index contributed by atoms with van der Waals surface area (Å²) in [5.74, 6) is 0. The summed E-state index contributed by atoms with van der Waals surface area (Å²) in [5, 5.41) is 2.18. The fourth-order valence-electron chi connectivity index (χ4n) is 1.90. The molecule has 1 heterocycles. The third-order valence-corrected chi connectivity index (χ3v) is 3.33.